The molecule has 0 aliphatic heterocycles. The molecular formula is C9H13N5O. The van der Waals surface area contributed by atoms with Gasteiger partial charge in [0.05, 0.1) is 11.4 Å². The molecule has 2 rings (SSSR count). The second-order valence-corrected chi connectivity index (χ2v) is 3.48. The monoisotopic (exact) mass is 207 g/mol. The van der Waals surface area contributed by atoms with Crippen molar-refractivity contribution in [1.29, 1.82) is 0 Å². The highest BCUT2D eigenvalue weighted by Crippen LogP contribution is 2.15. The summed E-state index contributed by atoms with van der Waals surface area (Å²) in [7, 11) is 3.60. The average molecular weight is 207 g/mol. The molecule has 2 heterocycles. The minimum Gasteiger partial charge on any atom is -0.386 e. The van der Waals surface area contributed by atoms with E-state index >= 15 is 0 Å². The molecular weight excluding hydrogens is 194 g/mol. The normalized spacial score (nSPS) is 13.0. The first-order chi connectivity index (χ1) is 7.16. The zero-order valence-electron chi connectivity index (χ0n) is 8.70. The highest BCUT2D eigenvalue weighted by atomic mass is 16.3. The van der Waals surface area contributed by atoms with Gasteiger partial charge in [-0.1, -0.05) is 5.21 Å². The van der Waals surface area contributed by atoms with Gasteiger partial charge < -0.3 is 5.11 Å². The number of hydrogen-bond acceptors (Lipinski definition) is 4. The number of aryl methyl sites for hydroxylation is 2. The molecule has 0 aromatic carbocycles. The van der Waals surface area contributed by atoms with E-state index in [0.29, 0.717) is 6.42 Å². The van der Waals surface area contributed by atoms with Gasteiger partial charge >= 0.3 is 0 Å². The highest BCUT2D eigenvalue weighted by molar-refractivity contribution is 5.07. The third-order valence-electron chi connectivity index (χ3n) is 2.25. The number of hydrogen-bond donors (Lipinski definition) is 1. The third kappa shape index (κ3) is 2.04. The first kappa shape index (κ1) is 9.85. The summed E-state index contributed by atoms with van der Waals surface area (Å²) in [5.74, 6) is 0. The van der Waals surface area contributed by atoms with Crippen LogP contribution in [0.1, 0.15) is 17.5 Å². The van der Waals surface area contributed by atoms with Crippen molar-refractivity contribution in [2.24, 2.45) is 14.1 Å². The quantitative estimate of drug-likeness (QED) is 0.758. The third-order valence-corrected chi connectivity index (χ3v) is 2.25. The Hall–Kier alpha value is -1.69. The summed E-state index contributed by atoms with van der Waals surface area (Å²) in [4.78, 5) is 0. The molecule has 1 unspecified atom stereocenters. The molecule has 15 heavy (non-hydrogen) atoms. The van der Waals surface area contributed by atoms with Crippen molar-refractivity contribution >= 4 is 0 Å². The molecule has 0 bridgehead atoms. The predicted octanol–water partition coefficient (Wildman–Crippen LogP) is -0.175. The van der Waals surface area contributed by atoms with Crippen LogP contribution in [0, 0.1) is 0 Å². The second-order valence-electron chi connectivity index (χ2n) is 3.48. The summed E-state index contributed by atoms with van der Waals surface area (Å²) in [6.07, 6.45) is 3.32. The van der Waals surface area contributed by atoms with E-state index in [-0.39, 0.29) is 0 Å². The fraction of sp³-hybridized carbons (Fsp3) is 0.444. The van der Waals surface area contributed by atoms with Gasteiger partial charge in [-0.05, 0) is 6.07 Å². The minimum atomic E-state index is -0.589. The Morgan fingerprint density at radius 1 is 1.47 bits per heavy atom. The van der Waals surface area contributed by atoms with Crippen molar-refractivity contribution in [3.8, 4) is 0 Å². The summed E-state index contributed by atoms with van der Waals surface area (Å²) in [5.41, 5.74) is 1.55. The molecule has 2 aromatic rings. The second kappa shape index (κ2) is 3.82. The van der Waals surface area contributed by atoms with E-state index in [1.807, 2.05) is 0 Å². The Bertz CT molecular complexity index is 447. The molecule has 0 amide bonds. The Labute approximate surface area is 87.1 Å². The Kier molecular flexibility index (Phi) is 2.51. The molecule has 1 atom stereocenters. The van der Waals surface area contributed by atoms with Gasteiger partial charge in [0.15, 0.2) is 0 Å². The van der Waals surface area contributed by atoms with Crippen LogP contribution in [0.2, 0.25) is 0 Å². The van der Waals surface area contributed by atoms with Gasteiger partial charge in [0.1, 0.15) is 6.10 Å². The SMILES string of the molecule is Cn1cc(CC(O)c2ccnn2C)nn1. The van der Waals surface area contributed by atoms with Gasteiger partial charge in [-0.25, -0.2) is 0 Å². The van der Waals surface area contributed by atoms with Crippen molar-refractivity contribution < 1.29 is 5.11 Å². The van der Waals surface area contributed by atoms with Gasteiger partial charge in [-0.3, -0.25) is 9.36 Å². The number of nitrogens with zero attached hydrogens (tertiary/aromatic N) is 5. The van der Waals surface area contributed by atoms with Crippen LogP contribution >= 0.6 is 0 Å². The lowest BCUT2D eigenvalue weighted by Gasteiger charge is -2.08. The van der Waals surface area contributed by atoms with Gasteiger partial charge in [-0.2, -0.15) is 5.10 Å². The number of aliphatic hydroxyl groups is 1. The zero-order valence-corrected chi connectivity index (χ0v) is 8.70. The lowest BCUT2D eigenvalue weighted by atomic mass is 10.1. The first-order valence-corrected chi connectivity index (χ1v) is 4.68. The molecule has 0 radical (unpaired) electrons. The van der Waals surface area contributed by atoms with E-state index in [4.69, 9.17) is 0 Å². The summed E-state index contributed by atoms with van der Waals surface area (Å²) < 4.78 is 3.27. The maximum absolute atomic E-state index is 9.92. The van der Waals surface area contributed by atoms with E-state index in [1.165, 1.54) is 0 Å². The van der Waals surface area contributed by atoms with Crippen molar-refractivity contribution in [2.75, 3.05) is 0 Å². The Morgan fingerprint density at radius 3 is 2.80 bits per heavy atom. The molecule has 0 aliphatic rings. The topological polar surface area (TPSA) is 68.8 Å². The Morgan fingerprint density at radius 2 is 2.27 bits per heavy atom. The van der Waals surface area contributed by atoms with Crippen LogP contribution in [0.3, 0.4) is 0 Å². The van der Waals surface area contributed by atoms with Crippen LogP contribution in [0.5, 0.6) is 0 Å². The fourth-order valence-corrected chi connectivity index (χ4v) is 1.50. The fourth-order valence-electron chi connectivity index (χ4n) is 1.50. The molecule has 0 aliphatic carbocycles. The maximum Gasteiger partial charge on any atom is 0.101 e. The Balaban J connectivity index is 2.10. The molecule has 80 valence electrons. The lowest BCUT2D eigenvalue weighted by molar-refractivity contribution is 0.167. The molecule has 2 aromatic heterocycles. The molecule has 0 saturated carbocycles. The first-order valence-electron chi connectivity index (χ1n) is 4.68. The van der Waals surface area contributed by atoms with E-state index in [1.54, 1.807) is 41.9 Å². The van der Waals surface area contributed by atoms with Crippen LogP contribution in [-0.4, -0.2) is 29.9 Å². The van der Waals surface area contributed by atoms with Crippen LogP contribution in [0.4, 0.5) is 0 Å². The smallest absolute Gasteiger partial charge is 0.101 e. The van der Waals surface area contributed by atoms with Gasteiger partial charge in [0.25, 0.3) is 0 Å². The summed E-state index contributed by atoms with van der Waals surface area (Å²) >= 11 is 0. The molecule has 6 nitrogen and oxygen atoms in total. The average Bonchev–Trinajstić information content (AvgIpc) is 2.75. The van der Waals surface area contributed by atoms with Gasteiger partial charge in [0.2, 0.25) is 0 Å². The minimum absolute atomic E-state index is 0.452. The van der Waals surface area contributed by atoms with Gasteiger partial charge in [0, 0.05) is 32.9 Å². The lowest BCUT2D eigenvalue weighted by Crippen LogP contribution is -2.08. The van der Waals surface area contributed by atoms with Crippen molar-refractivity contribution in [2.45, 2.75) is 12.5 Å². The molecule has 0 saturated heterocycles. The molecule has 6 heteroatoms. The summed E-state index contributed by atoms with van der Waals surface area (Å²) in [5, 5.41) is 21.6. The zero-order chi connectivity index (χ0) is 10.8. The standard InChI is InChI=1S/C9H13N5O/c1-13-6-7(11-12-13)5-9(15)8-3-4-10-14(8)2/h3-4,6,9,15H,5H2,1-2H3. The van der Waals surface area contributed by atoms with Crippen molar-refractivity contribution in [3.05, 3.63) is 29.8 Å². The number of aliphatic hydroxyl groups excluding tert-OH is 1. The van der Waals surface area contributed by atoms with Gasteiger partial charge in [-0.15, -0.1) is 5.10 Å². The van der Waals surface area contributed by atoms with Crippen molar-refractivity contribution in [3.63, 3.8) is 0 Å². The predicted molar refractivity (Wildman–Crippen MR) is 52.9 cm³/mol. The van der Waals surface area contributed by atoms with Crippen molar-refractivity contribution in [1.82, 2.24) is 24.8 Å². The highest BCUT2D eigenvalue weighted by Gasteiger charge is 2.13. The van der Waals surface area contributed by atoms with E-state index in [0.717, 1.165) is 11.4 Å². The van der Waals surface area contributed by atoms with E-state index in [2.05, 4.69) is 15.4 Å². The van der Waals surface area contributed by atoms with E-state index in [9.17, 15) is 5.11 Å². The molecule has 0 spiro atoms. The summed E-state index contributed by atoms with van der Waals surface area (Å²) in [6, 6.07) is 1.79. The van der Waals surface area contributed by atoms with Crippen LogP contribution in [0.15, 0.2) is 18.5 Å². The largest absolute Gasteiger partial charge is 0.386 e. The number of rotatable bonds is 3. The van der Waals surface area contributed by atoms with Crippen LogP contribution in [-0.2, 0) is 20.5 Å². The van der Waals surface area contributed by atoms with Crippen LogP contribution < -0.4 is 0 Å². The summed E-state index contributed by atoms with van der Waals surface area (Å²) in [6.45, 7) is 0. The molecule has 1 N–H and O–H groups in total. The maximum atomic E-state index is 9.92. The molecule has 0 fully saturated rings. The number of aromatic nitrogens is 5. The van der Waals surface area contributed by atoms with Crippen LogP contribution in [0.25, 0.3) is 0 Å². The van der Waals surface area contributed by atoms with E-state index < -0.39 is 6.10 Å².